The Hall–Kier alpha value is -0.160. The van der Waals surface area contributed by atoms with E-state index in [1.807, 2.05) is 0 Å². The first-order valence-corrected chi connectivity index (χ1v) is 5.91. The third kappa shape index (κ3) is 5.47. The first-order chi connectivity index (χ1) is 7.22. The minimum Gasteiger partial charge on any atom is -0.376 e. The number of rotatable bonds is 6. The van der Waals surface area contributed by atoms with Gasteiger partial charge in [0.15, 0.2) is 0 Å². The van der Waals surface area contributed by atoms with Crippen molar-refractivity contribution < 1.29 is 4.74 Å². The van der Waals surface area contributed by atoms with Crippen LogP contribution in [0.2, 0.25) is 0 Å². The smallest absolute Gasteiger partial charge is 0.0714 e. The van der Waals surface area contributed by atoms with Crippen LogP contribution in [0.4, 0.5) is 0 Å². The van der Waals surface area contributed by atoms with Crippen LogP contribution in [0, 0.1) is 0 Å². The Morgan fingerprint density at radius 3 is 2.93 bits per heavy atom. The van der Waals surface area contributed by atoms with Crippen molar-refractivity contribution in [3.8, 4) is 0 Å². The van der Waals surface area contributed by atoms with Gasteiger partial charge in [-0.2, -0.15) is 0 Å². The molecule has 0 aromatic carbocycles. The molecule has 0 aromatic heterocycles. The first-order valence-electron chi connectivity index (χ1n) is 5.91. The molecule has 0 radical (unpaired) electrons. The fraction of sp³-hybridized carbons (Fsp3) is 1.00. The van der Waals surface area contributed by atoms with E-state index in [2.05, 4.69) is 23.9 Å². The Kier molecular flexibility index (Phi) is 6.17. The van der Waals surface area contributed by atoms with Crippen molar-refractivity contribution in [1.82, 2.24) is 9.80 Å². The molecule has 0 amide bonds. The quantitative estimate of drug-likeness (QED) is 0.676. The minimum absolute atomic E-state index is 0.364. The van der Waals surface area contributed by atoms with E-state index in [1.54, 1.807) is 0 Å². The molecular formula is C11H25N3O. The molecule has 0 saturated carbocycles. The largest absolute Gasteiger partial charge is 0.376 e. The second-order valence-corrected chi connectivity index (χ2v) is 4.53. The molecule has 0 spiro atoms. The summed E-state index contributed by atoms with van der Waals surface area (Å²) in [6.07, 6.45) is 2.59. The summed E-state index contributed by atoms with van der Waals surface area (Å²) in [5.41, 5.74) is 5.54. The topological polar surface area (TPSA) is 41.7 Å². The van der Waals surface area contributed by atoms with Gasteiger partial charge < -0.3 is 15.4 Å². The molecule has 1 aliphatic heterocycles. The van der Waals surface area contributed by atoms with Crippen molar-refractivity contribution in [1.29, 1.82) is 0 Å². The second-order valence-electron chi connectivity index (χ2n) is 4.53. The van der Waals surface area contributed by atoms with Gasteiger partial charge in [-0.15, -0.1) is 0 Å². The third-order valence-corrected chi connectivity index (χ3v) is 2.79. The molecule has 1 rings (SSSR count). The monoisotopic (exact) mass is 215 g/mol. The average molecular weight is 215 g/mol. The van der Waals surface area contributed by atoms with Crippen LogP contribution in [0.3, 0.4) is 0 Å². The summed E-state index contributed by atoms with van der Waals surface area (Å²) >= 11 is 0. The molecule has 0 bridgehead atoms. The van der Waals surface area contributed by atoms with Gasteiger partial charge in [0.1, 0.15) is 0 Å². The molecule has 1 atom stereocenters. The van der Waals surface area contributed by atoms with Crippen LogP contribution >= 0.6 is 0 Å². The number of ether oxygens (including phenoxy) is 1. The zero-order valence-electron chi connectivity index (χ0n) is 10.1. The molecule has 1 fully saturated rings. The lowest BCUT2D eigenvalue weighted by Crippen LogP contribution is -2.43. The fourth-order valence-electron chi connectivity index (χ4n) is 1.95. The van der Waals surface area contributed by atoms with Crippen LogP contribution in [-0.4, -0.2) is 69.3 Å². The van der Waals surface area contributed by atoms with E-state index in [0.717, 1.165) is 32.7 Å². The highest BCUT2D eigenvalue weighted by Crippen LogP contribution is 2.08. The van der Waals surface area contributed by atoms with E-state index >= 15 is 0 Å². The summed E-state index contributed by atoms with van der Waals surface area (Å²) < 4.78 is 5.64. The summed E-state index contributed by atoms with van der Waals surface area (Å²) in [5.74, 6) is 0. The van der Waals surface area contributed by atoms with Gasteiger partial charge in [-0.1, -0.05) is 0 Å². The SMILES string of the molecule is CN(C)CCCN1CCOC(CCN)C1. The predicted molar refractivity (Wildman–Crippen MR) is 63.0 cm³/mol. The van der Waals surface area contributed by atoms with E-state index in [1.165, 1.54) is 19.5 Å². The van der Waals surface area contributed by atoms with Crippen molar-refractivity contribution in [2.45, 2.75) is 18.9 Å². The Bertz CT molecular complexity index is 162. The summed E-state index contributed by atoms with van der Waals surface area (Å²) in [5, 5.41) is 0. The van der Waals surface area contributed by atoms with E-state index < -0.39 is 0 Å². The maximum atomic E-state index is 5.64. The molecule has 1 unspecified atom stereocenters. The van der Waals surface area contributed by atoms with Crippen molar-refractivity contribution in [3.05, 3.63) is 0 Å². The molecule has 1 saturated heterocycles. The van der Waals surface area contributed by atoms with Gasteiger partial charge in [0, 0.05) is 13.1 Å². The third-order valence-electron chi connectivity index (χ3n) is 2.79. The summed E-state index contributed by atoms with van der Waals surface area (Å²) in [4.78, 5) is 4.73. The zero-order valence-corrected chi connectivity index (χ0v) is 10.1. The molecule has 15 heavy (non-hydrogen) atoms. The lowest BCUT2D eigenvalue weighted by molar-refractivity contribution is -0.0312. The van der Waals surface area contributed by atoms with Gasteiger partial charge in [-0.05, 0) is 46.6 Å². The first kappa shape index (κ1) is 12.9. The maximum Gasteiger partial charge on any atom is 0.0714 e. The van der Waals surface area contributed by atoms with Crippen molar-refractivity contribution in [3.63, 3.8) is 0 Å². The fourth-order valence-corrected chi connectivity index (χ4v) is 1.95. The van der Waals surface area contributed by atoms with Gasteiger partial charge in [-0.3, -0.25) is 4.90 Å². The van der Waals surface area contributed by atoms with Gasteiger partial charge in [-0.25, -0.2) is 0 Å². The van der Waals surface area contributed by atoms with Crippen LogP contribution in [0.15, 0.2) is 0 Å². The number of nitrogens with zero attached hydrogens (tertiary/aromatic N) is 2. The molecule has 4 heteroatoms. The Labute approximate surface area is 93.4 Å². The van der Waals surface area contributed by atoms with Crippen molar-refractivity contribution >= 4 is 0 Å². The van der Waals surface area contributed by atoms with E-state index in [0.29, 0.717) is 6.10 Å². The van der Waals surface area contributed by atoms with Gasteiger partial charge in [0.05, 0.1) is 12.7 Å². The summed E-state index contributed by atoms with van der Waals surface area (Å²) in [6.45, 7) is 6.09. The highest BCUT2D eigenvalue weighted by molar-refractivity contribution is 4.71. The van der Waals surface area contributed by atoms with Crippen LogP contribution in [-0.2, 0) is 4.74 Å². The predicted octanol–water partition coefficient (Wildman–Crippen LogP) is -0.0123. The maximum absolute atomic E-state index is 5.64. The summed E-state index contributed by atoms with van der Waals surface area (Å²) in [6, 6.07) is 0. The molecular weight excluding hydrogens is 190 g/mol. The Balaban J connectivity index is 2.12. The van der Waals surface area contributed by atoms with Gasteiger partial charge >= 0.3 is 0 Å². The Morgan fingerprint density at radius 1 is 1.47 bits per heavy atom. The molecule has 1 aliphatic rings. The van der Waals surface area contributed by atoms with Crippen LogP contribution in [0.25, 0.3) is 0 Å². The zero-order chi connectivity index (χ0) is 11.1. The average Bonchev–Trinajstić information content (AvgIpc) is 2.18. The van der Waals surface area contributed by atoms with Crippen LogP contribution in [0.1, 0.15) is 12.8 Å². The molecule has 2 N–H and O–H groups in total. The van der Waals surface area contributed by atoms with E-state index in [-0.39, 0.29) is 0 Å². The van der Waals surface area contributed by atoms with Gasteiger partial charge in [0.25, 0.3) is 0 Å². The Morgan fingerprint density at radius 2 is 2.27 bits per heavy atom. The second kappa shape index (κ2) is 7.17. The van der Waals surface area contributed by atoms with Crippen LogP contribution < -0.4 is 5.73 Å². The van der Waals surface area contributed by atoms with Crippen molar-refractivity contribution in [2.24, 2.45) is 5.73 Å². The molecule has 0 aromatic rings. The molecule has 1 heterocycles. The lowest BCUT2D eigenvalue weighted by atomic mass is 10.2. The number of hydrogen-bond donors (Lipinski definition) is 1. The standard InChI is InChI=1S/C11H25N3O/c1-13(2)6-3-7-14-8-9-15-11(10-14)4-5-12/h11H,3-10,12H2,1-2H3. The van der Waals surface area contributed by atoms with E-state index in [9.17, 15) is 0 Å². The highest BCUT2D eigenvalue weighted by atomic mass is 16.5. The van der Waals surface area contributed by atoms with Gasteiger partial charge in [0.2, 0.25) is 0 Å². The number of hydrogen-bond acceptors (Lipinski definition) is 4. The lowest BCUT2D eigenvalue weighted by Gasteiger charge is -2.33. The normalized spacial score (nSPS) is 23.6. The molecule has 0 aliphatic carbocycles. The number of nitrogens with two attached hydrogens (primary N) is 1. The highest BCUT2D eigenvalue weighted by Gasteiger charge is 2.18. The molecule has 4 nitrogen and oxygen atoms in total. The molecule has 90 valence electrons. The number of morpholine rings is 1. The minimum atomic E-state index is 0.364. The van der Waals surface area contributed by atoms with E-state index in [4.69, 9.17) is 10.5 Å². The van der Waals surface area contributed by atoms with Crippen molar-refractivity contribution in [2.75, 3.05) is 53.4 Å². The van der Waals surface area contributed by atoms with Crippen LogP contribution in [0.5, 0.6) is 0 Å². The summed E-state index contributed by atoms with van der Waals surface area (Å²) in [7, 11) is 4.24.